The monoisotopic (exact) mass is 546 g/mol. The molecule has 1 aliphatic rings. The van der Waals surface area contributed by atoms with Gasteiger partial charge in [-0.05, 0) is 81.1 Å². The van der Waals surface area contributed by atoms with Gasteiger partial charge in [-0.15, -0.1) is 0 Å². The van der Waals surface area contributed by atoms with Crippen LogP contribution in [0.3, 0.4) is 0 Å². The second-order valence-electron chi connectivity index (χ2n) is 7.63. The summed E-state index contributed by atoms with van der Waals surface area (Å²) in [4.78, 5) is 12.9. The first-order valence-corrected chi connectivity index (χ1v) is 12.4. The Kier molecular flexibility index (Phi) is 8.90. The lowest BCUT2D eigenvalue weighted by Crippen LogP contribution is -2.21. The van der Waals surface area contributed by atoms with Crippen LogP contribution >= 0.6 is 31.9 Å². The third-order valence-electron chi connectivity index (χ3n) is 5.14. The molecule has 4 nitrogen and oxygen atoms in total. The summed E-state index contributed by atoms with van der Waals surface area (Å²) in [7, 11) is 0. The minimum absolute atomic E-state index is 0.126. The first-order valence-electron chi connectivity index (χ1n) is 10.8. The summed E-state index contributed by atoms with van der Waals surface area (Å²) in [6, 6.07) is 13.4. The fraction of sp³-hybridized carbons (Fsp3) is 0.360. The van der Waals surface area contributed by atoms with Gasteiger partial charge >= 0.3 is 0 Å². The van der Waals surface area contributed by atoms with E-state index in [2.05, 4.69) is 43.9 Å². The topological polar surface area (TPSA) is 41.9 Å². The van der Waals surface area contributed by atoms with Crippen molar-refractivity contribution in [1.29, 1.82) is 0 Å². The van der Waals surface area contributed by atoms with Crippen LogP contribution in [0.4, 0.5) is 5.69 Å². The highest BCUT2D eigenvalue weighted by molar-refractivity contribution is 9.11. The van der Waals surface area contributed by atoms with Crippen LogP contribution in [0.1, 0.15) is 57.9 Å². The highest BCUT2D eigenvalue weighted by Gasteiger charge is 2.28. The number of hydrogen-bond donors (Lipinski definition) is 0. The summed E-state index contributed by atoms with van der Waals surface area (Å²) in [5.41, 5.74) is 2.95. The zero-order valence-corrected chi connectivity index (χ0v) is 21.2. The molecule has 1 heterocycles. The van der Waals surface area contributed by atoms with Crippen molar-refractivity contribution in [2.45, 2.75) is 52.4 Å². The number of hydrogen-bond acceptors (Lipinski definition) is 3. The number of carbonyl (C=O) groups is 1. The van der Waals surface area contributed by atoms with Gasteiger partial charge in [-0.2, -0.15) is 10.1 Å². The Balaban J connectivity index is 1.66. The van der Waals surface area contributed by atoms with E-state index in [-0.39, 0.29) is 5.91 Å². The molecule has 2 aromatic carbocycles. The Morgan fingerprint density at radius 2 is 1.65 bits per heavy atom. The summed E-state index contributed by atoms with van der Waals surface area (Å²) >= 11 is 7.24. The van der Waals surface area contributed by atoms with Gasteiger partial charge in [0.1, 0.15) is 5.75 Å². The average molecular weight is 548 g/mol. The van der Waals surface area contributed by atoms with Crippen LogP contribution in [0.15, 0.2) is 62.1 Å². The smallest absolute Gasteiger partial charge is 0.280 e. The number of benzene rings is 2. The van der Waals surface area contributed by atoms with Gasteiger partial charge in [0, 0.05) is 0 Å². The summed E-state index contributed by atoms with van der Waals surface area (Å²) in [5.74, 6) is 0.670. The molecule has 0 N–H and O–H groups in total. The van der Waals surface area contributed by atoms with Crippen molar-refractivity contribution in [2.24, 2.45) is 5.10 Å². The van der Waals surface area contributed by atoms with Gasteiger partial charge in [0.2, 0.25) is 0 Å². The van der Waals surface area contributed by atoms with Gasteiger partial charge in [-0.3, -0.25) is 4.79 Å². The molecule has 0 fully saturated rings. The summed E-state index contributed by atoms with van der Waals surface area (Å²) in [6.45, 7) is 4.78. The summed E-state index contributed by atoms with van der Waals surface area (Å²) in [6.07, 6.45) is 9.26. The summed E-state index contributed by atoms with van der Waals surface area (Å²) in [5, 5.41) is 5.89. The number of anilines is 1. The standard InChI is InChI=1S/C25H28Br2N2O2/c1-3-4-5-6-7-11-14-31-24-22(26)16-19(17-23(24)27)15-21-18(2)28-29(25(21)30)20-12-9-8-10-13-20/h8-10,12-13,15-17H,3-7,11,14H2,1-2H3/b21-15-. The van der Waals surface area contributed by atoms with E-state index in [9.17, 15) is 4.79 Å². The van der Waals surface area contributed by atoms with Gasteiger partial charge in [-0.25, -0.2) is 0 Å². The number of unbranched alkanes of at least 4 members (excludes halogenated alkanes) is 5. The van der Waals surface area contributed by atoms with Crippen LogP contribution in [-0.4, -0.2) is 18.2 Å². The van der Waals surface area contributed by atoms with Crippen molar-refractivity contribution in [2.75, 3.05) is 11.6 Å². The molecule has 0 bridgehead atoms. The number of carbonyl (C=O) groups excluding carboxylic acids is 1. The van der Waals surface area contributed by atoms with E-state index in [1.165, 1.54) is 37.1 Å². The lowest BCUT2D eigenvalue weighted by atomic mass is 10.1. The molecule has 1 amide bonds. The molecule has 3 rings (SSSR count). The van der Waals surface area contributed by atoms with Gasteiger partial charge in [-0.1, -0.05) is 57.2 Å². The number of rotatable bonds is 10. The largest absolute Gasteiger partial charge is 0.491 e. The molecule has 0 aromatic heterocycles. The molecule has 31 heavy (non-hydrogen) atoms. The number of para-hydroxylation sites is 1. The number of nitrogens with zero attached hydrogens (tertiary/aromatic N) is 2. The van der Waals surface area contributed by atoms with Crippen molar-refractivity contribution in [3.05, 3.63) is 62.5 Å². The third kappa shape index (κ3) is 6.30. The number of amides is 1. The first kappa shape index (κ1) is 23.7. The lowest BCUT2D eigenvalue weighted by molar-refractivity contribution is -0.114. The molecule has 2 aromatic rings. The first-order chi connectivity index (χ1) is 15.0. The minimum atomic E-state index is -0.126. The van der Waals surface area contributed by atoms with Crippen LogP contribution in [0, 0.1) is 0 Å². The maximum atomic E-state index is 12.9. The second-order valence-corrected chi connectivity index (χ2v) is 9.33. The normalized spacial score (nSPS) is 15.0. The fourth-order valence-corrected chi connectivity index (χ4v) is 4.90. The van der Waals surface area contributed by atoms with E-state index in [0.29, 0.717) is 17.9 Å². The van der Waals surface area contributed by atoms with Crippen molar-refractivity contribution in [3.63, 3.8) is 0 Å². The molecule has 0 atom stereocenters. The Morgan fingerprint density at radius 3 is 2.32 bits per heavy atom. The molecule has 0 spiro atoms. The van der Waals surface area contributed by atoms with Gasteiger partial charge in [0.05, 0.1) is 32.5 Å². The molecule has 164 valence electrons. The quantitative estimate of drug-likeness (QED) is 0.225. The van der Waals surface area contributed by atoms with Gasteiger partial charge in [0.15, 0.2) is 0 Å². The maximum absolute atomic E-state index is 12.9. The van der Waals surface area contributed by atoms with Crippen molar-refractivity contribution < 1.29 is 9.53 Å². The number of ether oxygens (including phenoxy) is 1. The molecule has 0 unspecified atom stereocenters. The van der Waals surface area contributed by atoms with Crippen molar-refractivity contribution in [1.82, 2.24) is 0 Å². The minimum Gasteiger partial charge on any atom is -0.491 e. The highest BCUT2D eigenvalue weighted by atomic mass is 79.9. The SMILES string of the molecule is CCCCCCCCOc1c(Br)cc(/C=C2\C(=O)N(c3ccccc3)N=C2C)cc1Br. The molecule has 0 aliphatic carbocycles. The molecule has 0 radical (unpaired) electrons. The van der Waals surface area contributed by atoms with E-state index in [1.807, 2.05) is 55.5 Å². The molecule has 6 heteroatoms. The van der Waals surface area contributed by atoms with E-state index < -0.39 is 0 Å². The number of hydrazone groups is 1. The zero-order valence-electron chi connectivity index (χ0n) is 18.0. The van der Waals surface area contributed by atoms with E-state index in [4.69, 9.17) is 4.74 Å². The van der Waals surface area contributed by atoms with Crippen LogP contribution in [0.2, 0.25) is 0 Å². The van der Waals surface area contributed by atoms with E-state index in [1.54, 1.807) is 0 Å². The second kappa shape index (κ2) is 11.6. The van der Waals surface area contributed by atoms with Crippen molar-refractivity contribution >= 4 is 55.2 Å². The van der Waals surface area contributed by atoms with Crippen LogP contribution < -0.4 is 9.75 Å². The average Bonchev–Trinajstić information content (AvgIpc) is 3.03. The molecular weight excluding hydrogens is 520 g/mol. The van der Waals surface area contributed by atoms with Gasteiger partial charge in [0.25, 0.3) is 5.91 Å². The van der Waals surface area contributed by atoms with Crippen molar-refractivity contribution in [3.8, 4) is 5.75 Å². The molecule has 1 aliphatic heterocycles. The molecular formula is C25H28Br2N2O2. The van der Waals surface area contributed by atoms with E-state index in [0.717, 1.165) is 32.4 Å². The maximum Gasteiger partial charge on any atom is 0.280 e. The van der Waals surface area contributed by atoms with Crippen LogP contribution in [0.25, 0.3) is 6.08 Å². The molecule has 0 saturated heterocycles. The van der Waals surface area contributed by atoms with E-state index >= 15 is 0 Å². The fourth-order valence-electron chi connectivity index (χ4n) is 3.45. The Bertz CT molecular complexity index is 948. The van der Waals surface area contributed by atoms with Crippen LogP contribution in [-0.2, 0) is 4.79 Å². The molecule has 0 saturated carbocycles. The van der Waals surface area contributed by atoms with Gasteiger partial charge < -0.3 is 4.74 Å². The zero-order chi connectivity index (χ0) is 22.2. The number of halogens is 2. The van der Waals surface area contributed by atoms with Crippen LogP contribution in [0.5, 0.6) is 5.75 Å². The Labute approximate surface area is 201 Å². The predicted octanol–water partition coefficient (Wildman–Crippen LogP) is 7.76. The highest BCUT2D eigenvalue weighted by Crippen LogP contribution is 2.36. The third-order valence-corrected chi connectivity index (χ3v) is 6.32. The Hall–Kier alpha value is -1.92. The Morgan fingerprint density at radius 1 is 1.00 bits per heavy atom. The predicted molar refractivity (Wildman–Crippen MR) is 136 cm³/mol. The lowest BCUT2D eigenvalue weighted by Gasteiger charge is -2.12. The summed E-state index contributed by atoms with van der Waals surface area (Å²) < 4.78 is 7.72.